The molecule has 0 radical (unpaired) electrons. The van der Waals surface area contributed by atoms with E-state index in [9.17, 15) is 18.0 Å². The summed E-state index contributed by atoms with van der Waals surface area (Å²) >= 11 is 0. The summed E-state index contributed by atoms with van der Waals surface area (Å²) in [5.74, 6) is -1.03. The third-order valence-electron chi connectivity index (χ3n) is 5.90. The molecule has 1 heterocycles. The quantitative estimate of drug-likeness (QED) is 0.455. The molecule has 1 aromatic rings. The van der Waals surface area contributed by atoms with Crippen LogP contribution in [0.5, 0.6) is 0 Å². The molecule has 1 aliphatic carbocycles. The van der Waals surface area contributed by atoms with Gasteiger partial charge in [0.1, 0.15) is 0 Å². The lowest BCUT2D eigenvalue weighted by atomic mass is 9.97. The molecule has 3 atom stereocenters. The zero-order chi connectivity index (χ0) is 24.0. The molecule has 0 saturated carbocycles. The van der Waals surface area contributed by atoms with Gasteiger partial charge in [-0.25, -0.2) is 13.2 Å². The zero-order valence-electron chi connectivity index (χ0n) is 19.6. The van der Waals surface area contributed by atoms with Gasteiger partial charge in [-0.3, -0.25) is 4.79 Å². The number of benzene rings is 1. The molecule has 182 valence electrons. The maximum atomic E-state index is 12.9. The molecule has 0 bridgehead atoms. The average Bonchev–Trinajstić information content (AvgIpc) is 2.79. The smallest absolute Gasteiger partial charge is 0.338 e. The first-order chi connectivity index (χ1) is 15.7. The summed E-state index contributed by atoms with van der Waals surface area (Å²) in [6, 6.07) is 5.59. The van der Waals surface area contributed by atoms with E-state index in [4.69, 9.17) is 9.47 Å². The van der Waals surface area contributed by atoms with Gasteiger partial charge in [-0.05, 0) is 77.1 Å². The largest absolute Gasteiger partial charge is 0.449 e. The Labute approximate surface area is 196 Å². The van der Waals surface area contributed by atoms with Crippen molar-refractivity contribution in [1.29, 1.82) is 0 Å². The first-order valence-electron chi connectivity index (χ1n) is 11.6. The number of amides is 1. The first kappa shape index (κ1) is 25.4. The van der Waals surface area contributed by atoms with Crippen molar-refractivity contribution in [2.45, 2.75) is 76.1 Å². The van der Waals surface area contributed by atoms with Crippen molar-refractivity contribution in [2.24, 2.45) is 0 Å². The summed E-state index contributed by atoms with van der Waals surface area (Å²) in [5, 5.41) is 2.81. The summed E-state index contributed by atoms with van der Waals surface area (Å²) in [6.07, 6.45) is 6.32. The molecule has 1 aliphatic heterocycles. The Balaban J connectivity index is 1.52. The van der Waals surface area contributed by atoms with Gasteiger partial charge in [0.05, 0.1) is 22.7 Å². The van der Waals surface area contributed by atoms with Gasteiger partial charge < -0.3 is 14.8 Å². The highest BCUT2D eigenvalue weighted by atomic mass is 32.2. The van der Waals surface area contributed by atoms with Gasteiger partial charge in [-0.15, -0.1) is 0 Å². The van der Waals surface area contributed by atoms with Crippen LogP contribution in [0.3, 0.4) is 0 Å². The molecule has 2 aliphatic rings. The van der Waals surface area contributed by atoms with Crippen molar-refractivity contribution in [1.82, 2.24) is 9.62 Å². The number of carbonyl (C=O) groups is 2. The molecular weight excluding hydrogens is 444 g/mol. The molecule has 0 unspecified atom stereocenters. The molecule has 1 N–H and O–H groups in total. The van der Waals surface area contributed by atoms with Crippen LogP contribution in [0.25, 0.3) is 0 Å². The molecule has 1 fully saturated rings. The molecule has 1 saturated heterocycles. The highest BCUT2D eigenvalue weighted by Crippen LogP contribution is 2.22. The lowest BCUT2D eigenvalue weighted by molar-refractivity contribution is -0.129. The third kappa shape index (κ3) is 6.88. The number of hydrogen-bond acceptors (Lipinski definition) is 6. The van der Waals surface area contributed by atoms with Gasteiger partial charge in [0, 0.05) is 19.6 Å². The van der Waals surface area contributed by atoms with E-state index < -0.39 is 22.1 Å². The zero-order valence-corrected chi connectivity index (χ0v) is 20.4. The first-order valence-corrected chi connectivity index (χ1v) is 13.0. The number of sulfonamides is 1. The number of allylic oxidation sites excluding steroid dienone is 1. The fraction of sp³-hybridized carbons (Fsp3) is 0.583. The van der Waals surface area contributed by atoms with Crippen molar-refractivity contribution in [3.05, 3.63) is 41.5 Å². The van der Waals surface area contributed by atoms with Crippen LogP contribution in [-0.4, -0.2) is 62.5 Å². The highest BCUT2D eigenvalue weighted by Gasteiger charge is 2.32. The normalized spacial score (nSPS) is 22.8. The number of carbonyl (C=O) groups excluding carboxylic acids is 2. The summed E-state index contributed by atoms with van der Waals surface area (Å²) < 4.78 is 38.2. The van der Waals surface area contributed by atoms with Crippen LogP contribution in [0.1, 0.15) is 63.2 Å². The standard InChI is InChI=1S/C24H34N2O6S/c1-17-15-26(16-18(2)31-17)33(29,30)22-11-9-21(10-12-22)24(28)32-19(3)23(27)25-14-13-20-7-5-4-6-8-20/h7,9-12,17-19H,4-6,8,13-16H2,1-3H3,(H,25,27)/t17-,18-,19+/m1/s1. The minimum absolute atomic E-state index is 0.100. The second-order valence-corrected chi connectivity index (χ2v) is 10.7. The maximum Gasteiger partial charge on any atom is 0.338 e. The van der Waals surface area contributed by atoms with E-state index in [-0.39, 0.29) is 41.7 Å². The van der Waals surface area contributed by atoms with Crippen LogP contribution in [0.15, 0.2) is 40.8 Å². The Morgan fingerprint density at radius 2 is 1.82 bits per heavy atom. The molecule has 9 heteroatoms. The fourth-order valence-corrected chi connectivity index (χ4v) is 5.73. The Hall–Kier alpha value is -2.23. The third-order valence-corrected chi connectivity index (χ3v) is 7.74. The lowest BCUT2D eigenvalue weighted by Gasteiger charge is -2.34. The van der Waals surface area contributed by atoms with Gasteiger partial charge >= 0.3 is 5.97 Å². The Morgan fingerprint density at radius 1 is 1.15 bits per heavy atom. The molecule has 3 rings (SSSR count). The van der Waals surface area contributed by atoms with Crippen LogP contribution < -0.4 is 5.32 Å². The van der Waals surface area contributed by atoms with Crippen LogP contribution in [0, 0.1) is 0 Å². The van der Waals surface area contributed by atoms with E-state index in [1.54, 1.807) is 0 Å². The number of ether oxygens (including phenoxy) is 2. The minimum atomic E-state index is -3.69. The van der Waals surface area contributed by atoms with Crippen molar-refractivity contribution in [2.75, 3.05) is 19.6 Å². The topological polar surface area (TPSA) is 102 Å². The number of nitrogens with zero attached hydrogens (tertiary/aromatic N) is 1. The lowest BCUT2D eigenvalue weighted by Crippen LogP contribution is -2.48. The minimum Gasteiger partial charge on any atom is -0.449 e. The summed E-state index contributed by atoms with van der Waals surface area (Å²) in [6.45, 7) is 6.26. The highest BCUT2D eigenvalue weighted by molar-refractivity contribution is 7.89. The molecule has 33 heavy (non-hydrogen) atoms. The molecule has 1 amide bonds. The monoisotopic (exact) mass is 478 g/mol. The number of rotatable bonds is 8. The summed E-state index contributed by atoms with van der Waals surface area (Å²) in [7, 11) is -3.69. The summed E-state index contributed by atoms with van der Waals surface area (Å²) in [4.78, 5) is 24.8. The summed E-state index contributed by atoms with van der Waals surface area (Å²) in [5.41, 5.74) is 1.55. The van der Waals surface area contributed by atoms with Gasteiger partial charge in [0.25, 0.3) is 5.91 Å². The maximum absolute atomic E-state index is 12.9. The van der Waals surface area contributed by atoms with E-state index in [0.717, 1.165) is 19.3 Å². The van der Waals surface area contributed by atoms with Crippen molar-refractivity contribution >= 4 is 21.9 Å². The van der Waals surface area contributed by atoms with E-state index in [1.165, 1.54) is 53.9 Å². The SMILES string of the molecule is C[C@@H]1CN(S(=O)(=O)c2ccc(C(=O)O[C@@H](C)C(=O)NCCC3=CCCCC3)cc2)C[C@@H](C)O1. The second-order valence-electron chi connectivity index (χ2n) is 8.80. The van der Waals surface area contributed by atoms with Crippen LogP contribution in [-0.2, 0) is 24.3 Å². The van der Waals surface area contributed by atoms with Gasteiger partial charge in [0.2, 0.25) is 10.0 Å². The van der Waals surface area contributed by atoms with E-state index in [1.807, 2.05) is 13.8 Å². The Kier molecular flexibility index (Phi) is 8.67. The average molecular weight is 479 g/mol. The second kappa shape index (κ2) is 11.3. The van der Waals surface area contributed by atoms with Crippen LogP contribution in [0.4, 0.5) is 0 Å². The molecule has 1 aromatic carbocycles. The van der Waals surface area contributed by atoms with Gasteiger partial charge in [-0.2, -0.15) is 4.31 Å². The Morgan fingerprint density at radius 3 is 2.42 bits per heavy atom. The van der Waals surface area contributed by atoms with E-state index in [2.05, 4.69) is 11.4 Å². The molecule has 0 aromatic heterocycles. The van der Waals surface area contributed by atoms with E-state index >= 15 is 0 Å². The number of morpholine rings is 1. The van der Waals surface area contributed by atoms with Gasteiger partial charge in [0.15, 0.2) is 6.10 Å². The van der Waals surface area contributed by atoms with Crippen LogP contribution in [0.2, 0.25) is 0 Å². The predicted octanol–water partition coefficient (Wildman–Crippen LogP) is 3.04. The number of nitrogens with one attached hydrogen (secondary N) is 1. The van der Waals surface area contributed by atoms with Crippen molar-refractivity contribution in [3.63, 3.8) is 0 Å². The van der Waals surface area contributed by atoms with Gasteiger partial charge in [-0.1, -0.05) is 11.6 Å². The molecular formula is C24H34N2O6S. The van der Waals surface area contributed by atoms with Crippen molar-refractivity contribution < 1.29 is 27.5 Å². The fourth-order valence-electron chi connectivity index (χ4n) is 4.14. The molecule has 8 nitrogen and oxygen atoms in total. The predicted molar refractivity (Wildman–Crippen MR) is 124 cm³/mol. The Bertz CT molecular complexity index is 963. The van der Waals surface area contributed by atoms with E-state index in [0.29, 0.717) is 6.54 Å². The van der Waals surface area contributed by atoms with Crippen molar-refractivity contribution in [3.8, 4) is 0 Å². The molecule has 0 spiro atoms. The number of esters is 1. The van der Waals surface area contributed by atoms with Crippen LogP contribution >= 0.6 is 0 Å². The number of hydrogen-bond donors (Lipinski definition) is 1.